The third-order valence-electron chi connectivity index (χ3n) is 7.34. The fourth-order valence-corrected chi connectivity index (χ4v) is 5.11. The van der Waals surface area contributed by atoms with E-state index in [-0.39, 0.29) is 29.9 Å². The Balaban J connectivity index is 1.34. The van der Waals surface area contributed by atoms with Crippen molar-refractivity contribution in [3.05, 3.63) is 59.7 Å². The summed E-state index contributed by atoms with van der Waals surface area (Å²) in [4.78, 5) is 21.4. The van der Waals surface area contributed by atoms with Crippen molar-refractivity contribution in [1.29, 1.82) is 0 Å². The lowest BCUT2D eigenvalue weighted by Gasteiger charge is -2.52. The van der Waals surface area contributed by atoms with Gasteiger partial charge in [-0.15, -0.1) is 0 Å². The van der Waals surface area contributed by atoms with Crippen molar-refractivity contribution in [2.45, 2.75) is 50.5 Å². The van der Waals surface area contributed by atoms with Crippen molar-refractivity contribution in [2.24, 2.45) is 11.1 Å². The van der Waals surface area contributed by atoms with Gasteiger partial charge in [-0.2, -0.15) is 4.98 Å². The van der Waals surface area contributed by atoms with Gasteiger partial charge in [-0.25, -0.2) is 9.37 Å². The molecule has 3 aliphatic carbocycles. The lowest BCUT2D eigenvalue weighted by molar-refractivity contribution is -0.138. The van der Waals surface area contributed by atoms with Gasteiger partial charge in [0.05, 0.1) is 25.7 Å². The van der Waals surface area contributed by atoms with Crippen molar-refractivity contribution in [2.75, 3.05) is 20.3 Å². The molecule has 2 bridgehead atoms. The van der Waals surface area contributed by atoms with Crippen molar-refractivity contribution in [1.82, 2.24) is 15.3 Å². The molecule has 0 spiro atoms. The van der Waals surface area contributed by atoms with Crippen LogP contribution in [0.4, 0.5) is 4.39 Å². The van der Waals surface area contributed by atoms with E-state index in [1.54, 1.807) is 12.3 Å². The predicted octanol–water partition coefficient (Wildman–Crippen LogP) is 3.58. The molecule has 0 radical (unpaired) electrons. The van der Waals surface area contributed by atoms with Crippen molar-refractivity contribution in [3.8, 4) is 11.8 Å². The van der Waals surface area contributed by atoms with Gasteiger partial charge in [-0.1, -0.05) is 12.1 Å². The van der Waals surface area contributed by atoms with Crippen LogP contribution >= 0.6 is 0 Å². The second kappa shape index (κ2) is 9.87. The average Bonchev–Trinajstić information content (AvgIpc) is 2.89. The Hall–Kier alpha value is -3.00. The van der Waals surface area contributed by atoms with E-state index in [4.69, 9.17) is 15.2 Å². The van der Waals surface area contributed by atoms with Crippen LogP contribution in [0, 0.1) is 5.41 Å². The second-order valence-electron chi connectivity index (χ2n) is 9.06. The van der Waals surface area contributed by atoms with Gasteiger partial charge in [0.1, 0.15) is 12.4 Å². The molecule has 3 saturated carbocycles. The van der Waals surface area contributed by atoms with Crippen LogP contribution in [0.15, 0.2) is 48.4 Å². The van der Waals surface area contributed by atoms with Crippen LogP contribution in [0.5, 0.6) is 11.8 Å². The fraction of sp³-hybridized carbons (Fsp3) is 0.480. The average molecular weight is 455 g/mol. The Morgan fingerprint density at radius 3 is 2.45 bits per heavy atom. The highest BCUT2D eigenvalue weighted by Gasteiger charge is 2.52. The molecule has 0 atom stereocenters. The molecule has 0 saturated heterocycles. The molecule has 0 unspecified atom stereocenters. The molecule has 1 aromatic carbocycles. The van der Waals surface area contributed by atoms with Gasteiger partial charge in [0.2, 0.25) is 5.91 Å². The maximum Gasteiger partial charge on any atom is 0.316 e. The van der Waals surface area contributed by atoms with Gasteiger partial charge in [-0.3, -0.25) is 4.79 Å². The van der Waals surface area contributed by atoms with Gasteiger partial charge >= 0.3 is 6.01 Å². The minimum absolute atomic E-state index is 0.113. The Bertz CT molecular complexity index is 984. The van der Waals surface area contributed by atoms with E-state index in [9.17, 15) is 9.18 Å². The summed E-state index contributed by atoms with van der Waals surface area (Å²) in [6, 6.07) is 10.2. The van der Waals surface area contributed by atoms with Gasteiger partial charge in [0.25, 0.3) is 0 Å². The summed E-state index contributed by atoms with van der Waals surface area (Å²) in [5.74, 6) is 0.818. The van der Waals surface area contributed by atoms with Crippen molar-refractivity contribution in [3.63, 3.8) is 0 Å². The first kappa shape index (κ1) is 23.2. The quantitative estimate of drug-likeness (QED) is 0.601. The van der Waals surface area contributed by atoms with Crippen LogP contribution in [0.2, 0.25) is 0 Å². The lowest BCUT2D eigenvalue weighted by atomic mass is 9.51. The highest BCUT2D eigenvalue weighted by atomic mass is 19.1. The molecule has 0 aliphatic heterocycles. The molecule has 2 aromatic rings. The Morgan fingerprint density at radius 1 is 1.15 bits per heavy atom. The summed E-state index contributed by atoms with van der Waals surface area (Å²) < 4.78 is 23.4. The summed E-state index contributed by atoms with van der Waals surface area (Å²) in [6.45, 7) is 0.659. The van der Waals surface area contributed by atoms with Crippen LogP contribution in [0.1, 0.15) is 49.8 Å². The summed E-state index contributed by atoms with van der Waals surface area (Å²) >= 11 is 0. The zero-order chi connectivity index (χ0) is 23.3. The molecule has 3 aliphatic rings. The standard InChI is InChI=1S/C25H31FN4O3/c1-32-23-28-13-6-20(30-23)16-29-22(31)25-10-7-24(8-11-25,9-12-25)19-2-4-21(5-3-19)33-17-18(14-26)15-27/h2-6,13-14H,7-12,15-17,27H2,1H3,(H,29,31)/b18-14+. The molecule has 1 heterocycles. The zero-order valence-corrected chi connectivity index (χ0v) is 19.0. The number of ether oxygens (including phenoxy) is 2. The zero-order valence-electron chi connectivity index (χ0n) is 19.0. The summed E-state index contributed by atoms with van der Waals surface area (Å²) in [5, 5.41) is 3.09. The first-order valence-electron chi connectivity index (χ1n) is 11.4. The second-order valence-corrected chi connectivity index (χ2v) is 9.06. The maximum absolute atomic E-state index is 13.1. The van der Waals surface area contributed by atoms with Crippen LogP contribution < -0.4 is 20.5 Å². The van der Waals surface area contributed by atoms with Crippen LogP contribution in [-0.2, 0) is 16.8 Å². The predicted molar refractivity (Wildman–Crippen MR) is 122 cm³/mol. The number of fused-ring (bicyclic) bond motifs is 3. The topological polar surface area (TPSA) is 99.4 Å². The number of benzene rings is 1. The Morgan fingerprint density at radius 2 is 1.85 bits per heavy atom. The summed E-state index contributed by atoms with van der Waals surface area (Å²) in [5.41, 5.74) is 7.74. The first-order valence-corrected chi connectivity index (χ1v) is 11.4. The van der Waals surface area contributed by atoms with Crippen LogP contribution in [0.3, 0.4) is 0 Å². The van der Waals surface area contributed by atoms with Crippen LogP contribution in [0.25, 0.3) is 0 Å². The van der Waals surface area contributed by atoms with Gasteiger partial charge < -0.3 is 20.5 Å². The number of methoxy groups -OCH3 is 1. The normalized spacial score (nSPS) is 24.4. The smallest absolute Gasteiger partial charge is 0.316 e. The third-order valence-corrected chi connectivity index (χ3v) is 7.34. The number of nitrogens with two attached hydrogens (primary N) is 1. The lowest BCUT2D eigenvalue weighted by Crippen LogP contribution is -2.51. The van der Waals surface area contributed by atoms with E-state index in [1.807, 2.05) is 12.1 Å². The van der Waals surface area contributed by atoms with Crippen molar-refractivity contribution >= 4 is 5.91 Å². The third kappa shape index (κ3) is 4.85. The number of hydrogen-bond donors (Lipinski definition) is 2. The summed E-state index contributed by atoms with van der Waals surface area (Å²) in [6.07, 6.45) is 7.75. The fourth-order valence-electron chi connectivity index (χ4n) is 5.11. The number of nitrogens with one attached hydrogen (secondary N) is 1. The monoisotopic (exact) mass is 454 g/mol. The molecular weight excluding hydrogens is 423 g/mol. The van der Waals surface area contributed by atoms with E-state index >= 15 is 0 Å². The molecule has 5 rings (SSSR count). The molecule has 7 nitrogen and oxygen atoms in total. The Labute approximate surface area is 193 Å². The molecule has 3 N–H and O–H groups in total. The highest BCUT2D eigenvalue weighted by molar-refractivity contribution is 5.83. The maximum atomic E-state index is 13.1. The SMILES string of the molecule is COc1nccc(CNC(=O)C23CCC(c4ccc(OC/C(=C/F)CN)cc4)(CC2)CC3)n1. The molecule has 1 amide bonds. The van der Waals surface area contributed by atoms with Gasteiger partial charge in [-0.05, 0) is 67.7 Å². The largest absolute Gasteiger partial charge is 0.489 e. The van der Waals surface area contributed by atoms with Crippen molar-refractivity contribution < 1.29 is 18.7 Å². The number of rotatable bonds is 9. The molecule has 1 aromatic heterocycles. The summed E-state index contributed by atoms with van der Waals surface area (Å²) in [7, 11) is 1.52. The molecule has 176 valence electrons. The molecule has 3 fully saturated rings. The number of hydrogen-bond acceptors (Lipinski definition) is 6. The first-order chi connectivity index (χ1) is 16.0. The van der Waals surface area contributed by atoms with E-state index in [0.29, 0.717) is 30.2 Å². The van der Waals surface area contributed by atoms with E-state index in [1.165, 1.54) is 12.7 Å². The van der Waals surface area contributed by atoms with E-state index < -0.39 is 0 Å². The number of amides is 1. The molecule has 33 heavy (non-hydrogen) atoms. The number of carbonyl (C=O) groups is 1. The number of halogens is 1. The minimum Gasteiger partial charge on any atom is -0.489 e. The molecular formula is C25H31FN4O3. The number of carbonyl (C=O) groups excluding carboxylic acids is 1. The minimum atomic E-state index is -0.292. The Kier molecular flexibility index (Phi) is 6.93. The van der Waals surface area contributed by atoms with E-state index in [0.717, 1.165) is 44.2 Å². The van der Waals surface area contributed by atoms with Gasteiger partial charge in [0, 0.05) is 23.7 Å². The number of aromatic nitrogens is 2. The molecule has 8 heteroatoms. The number of nitrogens with zero attached hydrogens (tertiary/aromatic N) is 2. The van der Waals surface area contributed by atoms with Crippen LogP contribution in [-0.4, -0.2) is 36.1 Å². The van der Waals surface area contributed by atoms with E-state index in [2.05, 4.69) is 27.4 Å². The highest BCUT2D eigenvalue weighted by Crippen LogP contribution is 2.57. The van der Waals surface area contributed by atoms with Gasteiger partial charge in [0.15, 0.2) is 0 Å².